The summed E-state index contributed by atoms with van der Waals surface area (Å²) in [6, 6.07) is 2.58. The Balaban J connectivity index is 2.27. The first-order valence-electron chi connectivity index (χ1n) is 6.26. The van der Waals surface area contributed by atoms with Crippen LogP contribution < -0.4 is 10.6 Å². The van der Waals surface area contributed by atoms with Crippen molar-refractivity contribution in [1.82, 2.24) is 0 Å². The van der Waals surface area contributed by atoms with Crippen molar-refractivity contribution in [2.24, 2.45) is 0 Å². The van der Waals surface area contributed by atoms with E-state index >= 15 is 0 Å². The van der Waals surface area contributed by atoms with Gasteiger partial charge in [0.1, 0.15) is 0 Å². The molecular formula is C13H18F2N2O. The van der Waals surface area contributed by atoms with E-state index in [0.717, 1.165) is 25.3 Å². The molecule has 0 aromatic heterocycles. The van der Waals surface area contributed by atoms with E-state index in [0.29, 0.717) is 13.0 Å². The number of hydrogen-bond donors (Lipinski definition) is 2. The highest BCUT2D eigenvalue weighted by Crippen LogP contribution is 2.35. The normalized spacial score (nSPS) is 19.5. The van der Waals surface area contributed by atoms with E-state index in [1.807, 2.05) is 4.90 Å². The third-order valence-corrected chi connectivity index (χ3v) is 3.46. The maximum absolute atomic E-state index is 13.9. The number of anilines is 2. The molecule has 18 heavy (non-hydrogen) atoms. The molecule has 0 aliphatic carbocycles. The van der Waals surface area contributed by atoms with E-state index < -0.39 is 11.6 Å². The van der Waals surface area contributed by atoms with Gasteiger partial charge in [-0.15, -0.1) is 0 Å². The summed E-state index contributed by atoms with van der Waals surface area (Å²) in [5, 5.41) is 8.86. The molecule has 0 radical (unpaired) electrons. The molecule has 3 N–H and O–H groups in total. The minimum Gasteiger partial charge on any atom is -0.397 e. The fraction of sp³-hybridized carbons (Fsp3) is 0.538. The Morgan fingerprint density at radius 2 is 2.17 bits per heavy atom. The highest BCUT2D eigenvalue weighted by atomic mass is 19.2. The molecule has 1 heterocycles. The molecule has 3 nitrogen and oxygen atoms in total. The predicted molar refractivity (Wildman–Crippen MR) is 67.5 cm³/mol. The van der Waals surface area contributed by atoms with Gasteiger partial charge in [-0.25, -0.2) is 8.78 Å². The zero-order chi connectivity index (χ0) is 13.1. The maximum Gasteiger partial charge on any atom is 0.184 e. The number of hydrogen-bond acceptors (Lipinski definition) is 3. The second-order valence-corrected chi connectivity index (χ2v) is 4.65. The molecule has 1 fully saturated rings. The van der Waals surface area contributed by atoms with E-state index in [2.05, 4.69) is 0 Å². The second kappa shape index (κ2) is 5.52. The molecule has 1 atom stereocenters. The van der Waals surface area contributed by atoms with Gasteiger partial charge >= 0.3 is 0 Å². The molecule has 5 heteroatoms. The molecule has 100 valence electrons. The predicted octanol–water partition coefficient (Wildman–Crippen LogP) is 2.29. The second-order valence-electron chi connectivity index (χ2n) is 4.65. The number of aliphatic hydroxyl groups excluding tert-OH is 1. The average Bonchev–Trinajstić information content (AvgIpc) is 2.80. The van der Waals surface area contributed by atoms with Gasteiger partial charge in [-0.1, -0.05) is 0 Å². The minimum absolute atomic E-state index is 0.117. The van der Waals surface area contributed by atoms with E-state index in [-0.39, 0.29) is 24.0 Å². The van der Waals surface area contributed by atoms with Gasteiger partial charge in [-0.3, -0.25) is 0 Å². The van der Waals surface area contributed by atoms with Crippen LogP contribution in [0.1, 0.15) is 25.7 Å². The lowest BCUT2D eigenvalue weighted by molar-refractivity contribution is 0.279. The summed E-state index contributed by atoms with van der Waals surface area (Å²) in [6.45, 7) is 0.798. The van der Waals surface area contributed by atoms with Crippen molar-refractivity contribution >= 4 is 11.4 Å². The van der Waals surface area contributed by atoms with Crippen molar-refractivity contribution in [2.75, 3.05) is 23.8 Å². The zero-order valence-electron chi connectivity index (χ0n) is 10.2. The zero-order valence-corrected chi connectivity index (χ0v) is 10.2. The van der Waals surface area contributed by atoms with Crippen LogP contribution in [0.15, 0.2) is 12.1 Å². The summed E-state index contributed by atoms with van der Waals surface area (Å²) in [5.74, 6) is -1.74. The summed E-state index contributed by atoms with van der Waals surface area (Å²) < 4.78 is 27.2. The monoisotopic (exact) mass is 256 g/mol. The first-order valence-corrected chi connectivity index (χ1v) is 6.26. The molecule has 0 bridgehead atoms. The molecule has 1 aromatic rings. The quantitative estimate of drug-likeness (QED) is 0.813. The molecule has 1 saturated heterocycles. The standard InChI is InChI=1S/C13H18F2N2O/c14-10-5-6-11(16)13(12(10)15)17-7-1-3-9(17)4-2-8-18/h5-6,9,18H,1-4,7-8,16H2. The van der Waals surface area contributed by atoms with Crippen LogP contribution in [0.25, 0.3) is 0 Å². The van der Waals surface area contributed by atoms with Crippen molar-refractivity contribution in [3.63, 3.8) is 0 Å². The van der Waals surface area contributed by atoms with Gasteiger partial charge in [0, 0.05) is 19.2 Å². The number of halogens is 2. The van der Waals surface area contributed by atoms with Crippen LogP contribution in [-0.4, -0.2) is 24.3 Å². The Hall–Kier alpha value is -1.36. The summed E-state index contributed by atoms with van der Waals surface area (Å²) in [7, 11) is 0. The van der Waals surface area contributed by atoms with Crippen LogP contribution in [0.4, 0.5) is 20.2 Å². The highest BCUT2D eigenvalue weighted by Gasteiger charge is 2.28. The van der Waals surface area contributed by atoms with Crippen molar-refractivity contribution < 1.29 is 13.9 Å². The number of nitrogens with zero attached hydrogens (tertiary/aromatic N) is 1. The molecule has 0 saturated carbocycles. The fourth-order valence-corrected chi connectivity index (χ4v) is 2.60. The average molecular weight is 256 g/mol. The Morgan fingerprint density at radius 1 is 1.39 bits per heavy atom. The summed E-state index contributed by atoms with van der Waals surface area (Å²) >= 11 is 0. The molecule has 1 unspecified atom stereocenters. The maximum atomic E-state index is 13.9. The van der Waals surface area contributed by atoms with Crippen LogP contribution in [0.3, 0.4) is 0 Å². The number of benzene rings is 1. The highest BCUT2D eigenvalue weighted by molar-refractivity contribution is 5.69. The molecule has 0 amide bonds. The summed E-state index contributed by atoms with van der Waals surface area (Å²) in [5.41, 5.74) is 6.21. The van der Waals surface area contributed by atoms with E-state index in [1.165, 1.54) is 6.07 Å². The van der Waals surface area contributed by atoms with E-state index in [4.69, 9.17) is 10.8 Å². The van der Waals surface area contributed by atoms with Gasteiger partial charge in [0.25, 0.3) is 0 Å². The summed E-state index contributed by atoms with van der Waals surface area (Å²) in [6.07, 6.45) is 3.30. The van der Waals surface area contributed by atoms with Gasteiger partial charge in [0.15, 0.2) is 11.6 Å². The first-order chi connectivity index (χ1) is 8.65. The van der Waals surface area contributed by atoms with Crippen LogP contribution >= 0.6 is 0 Å². The Bertz CT molecular complexity index is 426. The lowest BCUT2D eigenvalue weighted by atomic mass is 10.1. The largest absolute Gasteiger partial charge is 0.397 e. The van der Waals surface area contributed by atoms with E-state index in [1.54, 1.807) is 0 Å². The van der Waals surface area contributed by atoms with Crippen molar-refractivity contribution in [3.05, 3.63) is 23.8 Å². The van der Waals surface area contributed by atoms with Crippen LogP contribution in [0.5, 0.6) is 0 Å². The van der Waals surface area contributed by atoms with E-state index in [9.17, 15) is 8.78 Å². The lowest BCUT2D eigenvalue weighted by Crippen LogP contribution is -2.31. The summed E-state index contributed by atoms with van der Waals surface area (Å²) in [4.78, 5) is 1.84. The van der Waals surface area contributed by atoms with Crippen LogP contribution in [0, 0.1) is 11.6 Å². The lowest BCUT2D eigenvalue weighted by Gasteiger charge is -2.28. The van der Waals surface area contributed by atoms with Crippen molar-refractivity contribution in [1.29, 1.82) is 0 Å². The molecule has 1 aliphatic heterocycles. The third kappa shape index (κ3) is 2.41. The first kappa shape index (κ1) is 13.1. The number of nitrogen functional groups attached to an aromatic ring is 1. The van der Waals surface area contributed by atoms with Gasteiger partial charge in [-0.2, -0.15) is 0 Å². The molecular weight excluding hydrogens is 238 g/mol. The molecule has 0 spiro atoms. The smallest absolute Gasteiger partial charge is 0.184 e. The van der Waals surface area contributed by atoms with Gasteiger partial charge in [-0.05, 0) is 37.8 Å². The molecule has 2 rings (SSSR count). The van der Waals surface area contributed by atoms with Crippen molar-refractivity contribution in [2.45, 2.75) is 31.7 Å². The fourth-order valence-electron chi connectivity index (χ4n) is 2.60. The topological polar surface area (TPSA) is 49.5 Å². The number of nitrogens with two attached hydrogens (primary N) is 1. The van der Waals surface area contributed by atoms with Gasteiger partial charge in [0.05, 0.1) is 11.4 Å². The van der Waals surface area contributed by atoms with Crippen molar-refractivity contribution in [3.8, 4) is 0 Å². The minimum atomic E-state index is -0.870. The van der Waals surface area contributed by atoms with Gasteiger partial charge < -0.3 is 15.7 Å². The van der Waals surface area contributed by atoms with Crippen LogP contribution in [0.2, 0.25) is 0 Å². The number of rotatable bonds is 4. The Morgan fingerprint density at radius 3 is 2.89 bits per heavy atom. The van der Waals surface area contributed by atoms with Gasteiger partial charge in [0.2, 0.25) is 0 Å². The SMILES string of the molecule is Nc1ccc(F)c(F)c1N1CCCC1CCCO. The number of aliphatic hydroxyl groups is 1. The Labute approximate surface area is 105 Å². The molecule has 1 aromatic carbocycles. The third-order valence-electron chi connectivity index (χ3n) is 3.46. The molecule has 1 aliphatic rings. The Kier molecular flexibility index (Phi) is 4.01. The van der Waals surface area contributed by atoms with Crippen LogP contribution in [-0.2, 0) is 0 Å².